The van der Waals surface area contributed by atoms with E-state index in [1.54, 1.807) is 42.5 Å². The van der Waals surface area contributed by atoms with Crippen LogP contribution in [0.25, 0.3) is 6.08 Å². The highest BCUT2D eigenvalue weighted by Crippen LogP contribution is 2.28. The Morgan fingerprint density at radius 2 is 1.81 bits per heavy atom. The van der Waals surface area contributed by atoms with Crippen molar-refractivity contribution in [3.05, 3.63) is 96.4 Å². The lowest BCUT2D eigenvalue weighted by atomic mass is 10.1. The molecule has 1 N–H and O–H groups in total. The van der Waals surface area contributed by atoms with Gasteiger partial charge in [0, 0.05) is 20.2 Å². The Bertz CT molecular complexity index is 1210. The van der Waals surface area contributed by atoms with Crippen LogP contribution in [0.3, 0.4) is 0 Å². The monoisotopic (exact) mass is 578 g/mol. The molecule has 0 unspecified atom stereocenters. The number of benzene rings is 3. The highest BCUT2D eigenvalue weighted by Gasteiger charge is 2.12. The number of carbonyl (C=O) groups is 1. The Morgan fingerprint density at radius 3 is 2.52 bits per heavy atom. The summed E-state index contributed by atoms with van der Waals surface area (Å²) >= 11 is 18.8. The molecule has 0 spiro atoms. The minimum absolute atomic E-state index is 0.0579. The third-order valence-electron chi connectivity index (χ3n) is 4.10. The summed E-state index contributed by atoms with van der Waals surface area (Å²) in [6, 6.07) is 19.7. The Hall–Kier alpha value is -2.30. The highest BCUT2D eigenvalue weighted by molar-refractivity contribution is 9.10. The first-order chi connectivity index (χ1) is 14.9. The number of ether oxygens (including phenoxy) is 1. The fourth-order valence-corrected chi connectivity index (χ4v) is 3.72. The summed E-state index contributed by atoms with van der Waals surface area (Å²) < 4.78 is 7.52. The molecule has 0 aliphatic rings. The van der Waals surface area contributed by atoms with Crippen LogP contribution in [0, 0.1) is 11.3 Å². The van der Waals surface area contributed by atoms with E-state index in [0.717, 1.165) is 14.5 Å². The van der Waals surface area contributed by atoms with Gasteiger partial charge in [0.05, 0.1) is 10.0 Å². The Morgan fingerprint density at radius 1 is 1.03 bits per heavy atom. The van der Waals surface area contributed by atoms with E-state index in [1.165, 1.54) is 6.08 Å². The van der Waals surface area contributed by atoms with E-state index in [-0.39, 0.29) is 12.2 Å². The van der Waals surface area contributed by atoms with E-state index >= 15 is 0 Å². The van der Waals surface area contributed by atoms with Crippen LogP contribution in [-0.4, -0.2) is 5.91 Å². The molecule has 31 heavy (non-hydrogen) atoms. The number of amides is 1. The fraction of sp³-hybridized carbons (Fsp3) is 0.0435. The van der Waals surface area contributed by atoms with Crippen LogP contribution in [0.4, 0.5) is 5.69 Å². The van der Waals surface area contributed by atoms with E-state index in [9.17, 15) is 10.1 Å². The van der Waals surface area contributed by atoms with Crippen LogP contribution in [-0.2, 0) is 11.4 Å². The summed E-state index contributed by atoms with van der Waals surface area (Å²) in [6.07, 6.45) is 1.49. The molecular formula is C23H14Br2Cl2N2O2. The number of nitrogens with zero attached hydrogens (tertiary/aromatic N) is 1. The zero-order valence-corrected chi connectivity index (χ0v) is 20.5. The van der Waals surface area contributed by atoms with Gasteiger partial charge >= 0.3 is 0 Å². The molecule has 0 radical (unpaired) electrons. The lowest BCUT2D eigenvalue weighted by Gasteiger charge is -2.11. The number of nitrogens with one attached hydrogen (secondary N) is 1. The molecule has 0 fully saturated rings. The van der Waals surface area contributed by atoms with Crippen molar-refractivity contribution in [2.45, 2.75) is 6.61 Å². The quantitative estimate of drug-likeness (QED) is 0.241. The van der Waals surface area contributed by atoms with E-state index < -0.39 is 5.91 Å². The Kier molecular flexibility index (Phi) is 8.16. The average Bonchev–Trinajstić information content (AvgIpc) is 2.73. The predicted octanol–water partition coefficient (Wildman–Crippen LogP) is 7.64. The lowest BCUT2D eigenvalue weighted by Crippen LogP contribution is -2.13. The molecule has 0 saturated carbocycles. The molecule has 3 rings (SSSR count). The molecule has 156 valence electrons. The van der Waals surface area contributed by atoms with Crippen molar-refractivity contribution in [2.24, 2.45) is 0 Å². The van der Waals surface area contributed by atoms with Crippen molar-refractivity contribution in [1.82, 2.24) is 0 Å². The van der Waals surface area contributed by atoms with Gasteiger partial charge in [0.2, 0.25) is 0 Å². The molecule has 0 heterocycles. The van der Waals surface area contributed by atoms with Gasteiger partial charge < -0.3 is 10.1 Å². The normalized spacial score (nSPS) is 11.0. The maximum atomic E-state index is 12.6. The summed E-state index contributed by atoms with van der Waals surface area (Å²) in [5.74, 6) is -0.00622. The van der Waals surface area contributed by atoms with Crippen LogP contribution >= 0.6 is 55.1 Å². The van der Waals surface area contributed by atoms with Gasteiger partial charge in [-0.1, -0.05) is 67.2 Å². The molecule has 0 atom stereocenters. The molecule has 4 nitrogen and oxygen atoms in total. The highest BCUT2D eigenvalue weighted by atomic mass is 79.9. The molecular weight excluding hydrogens is 567 g/mol. The van der Waals surface area contributed by atoms with Crippen molar-refractivity contribution >= 4 is 72.7 Å². The molecule has 0 aliphatic heterocycles. The molecule has 1 amide bonds. The summed E-state index contributed by atoms with van der Waals surface area (Å²) in [5.41, 5.74) is 1.93. The van der Waals surface area contributed by atoms with E-state index in [0.29, 0.717) is 27.0 Å². The van der Waals surface area contributed by atoms with Crippen molar-refractivity contribution in [2.75, 3.05) is 5.32 Å². The van der Waals surface area contributed by atoms with Gasteiger partial charge in [0.15, 0.2) is 0 Å². The van der Waals surface area contributed by atoms with Crippen molar-refractivity contribution < 1.29 is 9.53 Å². The van der Waals surface area contributed by atoms with Gasteiger partial charge in [-0.25, -0.2) is 0 Å². The minimum atomic E-state index is -0.518. The third-order valence-corrected chi connectivity index (χ3v) is 5.82. The number of hydrogen-bond acceptors (Lipinski definition) is 3. The van der Waals surface area contributed by atoms with E-state index in [1.807, 2.05) is 24.3 Å². The van der Waals surface area contributed by atoms with Gasteiger partial charge in [-0.05, 0) is 60.2 Å². The SMILES string of the molecule is N#C/C(=C/c1cc(Br)ccc1OCc1ccc(Cl)c(Cl)c1)C(=O)Nc1cccc(Br)c1. The predicted molar refractivity (Wildman–Crippen MR) is 131 cm³/mol. The summed E-state index contributed by atoms with van der Waals surface area (Å²) in [5, 5.41) is 13.2. The standard InChI is InChI=1S/C23H14Br2Cl2N2O2/c24-17-2-1-3-19(11-17)29-23(30)16(12-28)9-15-10-18(25)5-7-22(15)31-13-14-4-6-20(26)21(27)8-14/h1-11H,13H2,(H,29,30)/b16-9-. The van der Waals surface area contributed by atoms with Crippen molar-refractivity contribution in [3.63, 3.8) is 0 Å². The van der Waals surface area contributed by atoms with Crippen LogP contribution < -0.4 is 10.1 Å². The number of rotatable bonds is 6. The van der Waals surface area contributed by atoms with Crippen LogP contribution in [0.5, 0.6) is 5.75 Å². The smallest absolute Gasteiger partial charge is 0.266 e. The zero-order valence-electron chi connectivity index (χ0n) is 15.8. The third kappa shape index (κ3) is 6.59. The molecule has 8 heteroatoms. The summed E-state index contributed by atoms with van der Waals surface area (Å²) in [6.45, 7) is 0.242. The molecule has 3 aromatic carbocycles. The van der Waals surface area contributed by atoms with Crippen molar-refractivity contribution in [3.8, 4) is 11.8 Å². The number of hydrogen-bond donors (Lipinski definition) is 1. The van der Waals surface area contributed by atoms with Gasteiger partial charge in [-0.15, -0.1) is 0 Å². The first-order valence-electron chi connectivity index (χ1n) is 8.90. The molecule has 0 aromatic heterocycles. The first-order valence-corrected chi connectivity index (χ1v) is 11.2. The van der Waals surface area contributed by atoms with E-state index in [2.05, 4.69) is 37.2 Å². The topological polar surface area (TPSA) is 62.1 Å². The zero-order chi connectivity index (χ0) is 22.4. The van der Waals surface area contributed by atoms with Crippen molar-refractivity contribution in [1.29, 1.82) is 5.26 Å². The second kappa shape index (κ2) is 10.8. The molecule has 0 saturated heterocycles. The lowest BCUT2D eigenvalue weighted by molar-refractivity contribution is -0.112. The van der Waals surface area contributed by atoms with Gasteiger partial charge in [-0.2, -0.15) is 5.26 Å². The average molecular weight is 581 g/mol. The molecule has 3 aromatic rings. The van der Waals surface area contributed by atoms with Crippen LogP contribution in [0.2, 0.25) is 10.0 Å². The van der Waals surface area contributed by atoms with E-state index in [4.69, 9.17) is 27.9 Å². The minimum Gasteiger partial charge on any atom is -0.488 e. The maximum absolute atomic E-state index is 12.6. The second-order valence-electron chi connectivity index (χ2n) is 6.35. The maximum Gasteiger partial charge on any atom is 0.266 e. The fourth-order valence-electron chi connectivity index (χ4n) is 2.62. The Balaban J connectivity index is 1.83. The molecule has 0 aliphatic carbocycles. The number of nitriles is 1. The largest absolute Gasteiger partial charge is 0.488 e. The van der Waals surface area contributed by atoms with Crippen LogP contribution in [0.1, 0.15) is 11.1 Å². The van der Waals surface area contributed by atoms with Gasteiger partial charge in [0.25, 0.3) is 5.91 Å². The second-order valence-corrected chi connectivity index (χ2v) is 9.00. The first kappa shape index (κ1) is 23.4. The number of anilines is 1. The van der Waals surface area contributed by atoms with Gasteiger partial charge in [-0.3, -0.25) is 4.79 Å². The van der Waals surface area contributed by atoms with Crippen LogP contribution in [0.15, 0.2) is 75.2 Å². The Labute approximate surface area is 206 Å². The summed E-state index contributed by atoms with van der Waals surface area (Å²) in [4.78, 5) is 12.6. The van der Waals surface area contributed by atoms with Gasteiger partial charge in [0.1, 0.15) is 24.0 Å². The molecule has 0 bridgehead atoms. The number of halogens is 4. The summed E-state index contributed by atoms with van der Waals surface area (Å²) in [7, 11) is 0. The number of carbonyl (C=O) groups excluding carboxylic acids is 1.